The van der Waals surface area contributed by atoms with E-state index in [2.05, 4.69) is 25.9 Å². The monoisotopic (exact) mass is 279 g/mol. The summed E-state index contributed by atoms with van der Waals surface area (Å²) in [7, 11) is -3.61. The molecule has 8 heteroatoms. The van der Waals surface area contributed by atoms with E-state index >= 15 is 0 Å². The Balaban J connectivity index is 3.42. The van der Waals surface area contributed by atoms with Gasteiger partial charge in [-0.25, -0.2) is 18.4 Å². The van der Waals surface area contributed by atoms with Crippen molar-refractivity contribution in [3.8, 4) is 0 Å². The minimum Gasteiger partial charge on any atom is -0.543 e. The Bertz CT molecular complexity index is 485. The summed E-state index contributed by atoms with van der Waals surface area (Å²) in [4.78, 5) is 17.3. The standard InChI is InChI=1S/C6H5BrN2O4S/c1-14(12,13)6-8-2-3(7)4(9-6)5(10)11/h2H,1H3,(H,10,11)/p-1. The predicted octanol–water partition coefficient (Wildman–Crippen LogP) is -0.994. The summed E-state index contributed by atoms with van der Waals surface area (Å²) in [6.07, 6.45) is 1.93. The summed E-state index contributed by atoms with van der Waals surface area (Å²) >= 11 is 2.86. The maximum atomic E-state index is 11.0. The molecule has 0 fully saturated rings. The number of aromatic carboxylic acids is 1. The highest BCUT2D eigenvalue weighted by Gasteiger charge is 2.13. The average Bonchev–Trinajstić information content (AvgIpc) is 2.02. The van der Waals surface area contributed by atoms with Crippen LogP contribution in [-0.2, 0) is 9.84 Å². The SMILES string of the molecule is CS(=O)(=O)c1ncc(Br)c(C(=O)[O-])n1. The molecule has 14 heavy (non-hydrogen) atoms. The van der Waals surface area contributed by atoms with Gasteiger partial charge in [0.2, 0.25) is 15.0 Å². The Labute approximate surface area is 88.0 Å². The Kier molecular flexibility index (Phi) is 2.86. The molecule has 0 atom stereocenters. The fraction of sp³-hybridized carbons (Fsp3) is 0.167. The molecule has 6 nitrogen and oxygen atoms in total. The molecule has 1 aromatic rings. The molecule has 0 N–H and O–H groups in total. The molecule has 0 aliphatic rings. The molecule has 0 spiro atoms. The first-order valence-electron chi connectivity index (χ1n) is 3.26. The molecule has 1 heterocycles. The number of carbonyl (C=O) groups excluding carboxylic acids is 1. The third-order valence-corrected chi connectivity index (χ3v) is 2.69. The second kappa shape index (κ2) is 3.62. The molecule has 0 amide bonds. The summed E-state index contributed by atoms with van der Waals surface area (Å²) in [6.45, 7) is 0. The minimum absolute atomic E-state index is 0.0740. The van der Waals surface area contributed by atoms with Gasteiger partial charge in [-0.1, -0.05) is 0 Å². The molecule has 0 saturated heterocycles. The van der Waals surface area contributed by atoms with Crippen molar-refractivity contribution in [3.05, 3.63) is 16.4 Å². The number of rotatable bonds is 2. The number of hydrogen-bond acceptors (Lipinski definition) is 6. The van der Waals surface area contributed by atoms with Gasteiger partial charge < -0.3 is 9.90 Å². The van der Waals surface area contributed by atoms with Crippen molar-refractivity contribution in [1.82, 2.24) is 9.97 Å². The van der Waals surface area contributed by atoms with Crippen LogP contribution in [0.25, 0.3) is 0 Å². The summed E-state index contributed by atoms with van der Waals surface area (Å²) in [6, 6.07) is 0. The third kappa shape index (κ3) is 2.26. The van der Waals surface area contributed by atoms with Crippen molar-refractivity contribution in [2.45, 2.75) is 5.16 Å². The highest BCUT2D eigenvalue weighted by Crippen LogP contribution is 2.14. The number of carboxylic acid groups (broad SMARTS) is 1. The van der Waals surface area contributed by atoms with Gasteiger partial charge in [0, 0.05) is 12.5 Å². The summed E-state index contributed by atoms with van der Waals surface area (Å²) in [5, 5.41) is 9.93. The van der Waals surface area contributed by atoms with Crippen LogP contribution < -0.4 is 5.11 Å². The van der Waals surface area contributed by atoms with Crippen LogP contribution in [0.4, 0.5) is 0 Å². The van der Waals surface area contributed by atoms with Crippen LogP contribution in [0.1, 0.15) is 10.5 Å². The lowest BCUT2D eigenvalue weighted by Gasteiger charge is -2.04. The van der Waals surface area contributed by atoms with Crippen LogP contribution in [0.15, 0.2) is 15.8 Å². The molecule has 0 bridgehead atoms. The van der Waals surface area contributed by atoms with Crippen molar-refractivity contribution < 1.29 is 18.3 Å². The van der Waals surface area contributed by atoms with Gasteiger partial charge in [0.25, 0.3) is 0 Å². The second-order valence-corrected chi connectivity index (χ2v) is 5.17. The summed E-state index contributed by atoms with van der Waals surface area (Å²) in [5.41, 5.74) is -0.486. The van der Waals surface area contributed by atoms with E-state index in [1.165, 1.54) is 0 Å². The first kappa shape index (κ1) is 11.1. The van der Waals surface area contributed by atoms with Crippen molar-refractivity contribution in [2.75, 3.05) is 6.26 Å². The van der Waals surface area contributed by atoms with Crippen molar-refractivity contribution >= 4 is 31.7 Å². The number of halogens is 1. The molecule has 0 radical (unpaired) electrons. The first-order valence-corrected chi connectivity index (χ1v) is 5.95. The molecule has 0 aliphatic heterocycles. The normalized spacial score (nSPS) is 11.3. The van der Waals surface area contributed by atoms with E-state index in [1.807, 2.05) is 0 Å². The molecule has 76 valence electrons. The zero-order valence-electron chi connectivity index (χ0n) is 6.89. The number of carbonyl (C=O) groups is 1. The average molecular weight is 280 g/mol. The lowest BCUT2D eigenvalue weighted by molar-refractivity contribution is -0.255. The van der Waals surface area contributed by atoms with Crippen LogP contribution in [0, 0.1) is 0 Å². The molecule has 0 aliphatic carbocycles. The summed E-state index contributed by atoms with van der Waals surface area (Å²) < 4.78 is 22.0. The van der Waals surface area contributed by atoms with Gasteiger partial charge in [-0.2, -0.15) is 0 Å². The van der Waals surface area contributed by atoms with Gasteiger partial charge in [0.05, 0.1) is 10.4 Å². The number of carboxylic acids is 1. The highest BCUT2D eigenvalue weighted by molar-refractivity contribution is 9.10. The van der Waals surface area contributed by atoms with Crippen molar-refractivity contribution in [2.24, 2.45) is 0 Å². The van der Waals surface area contributed by atoms with Crippen LogP contribution >= 0.6 is 15.9 Å². The van der Waals surface area contributed by atoms with Gasteiger partial charge in [0.15, 0.2) is 0 Å². The predicted molar refractivity (Wildman–Crippen MR) is 47.2 cm³/mol. The Hall–Kier alpha value is -1.02. The van der Waals surface area contributed by atoms with Gasteiger partial charge >= 0.3 is 0 Å². The van der Waals surface area contributed by atoms with Crippen LogP contribution in [0.2, 0.25) is 0 Å². The van der Waals surface area contributed by atoms with Crippen LogP contribution in [0.5, 0.6) is 0 Å². The largest absolute Gasteiger partial charge is 0.543 e. The molecular weight excluding hydrogens is 276 g/mol. The van der Waals surface area contributed by atoms with E-state index in [9.17, 15) is 18.3 Å². The molecule has 0 saturated carbocycles. The number of nitrogens with zero attached hydrogens (tertiary/aromatic N) is 2. The first-order chi connectivity index (χ1) is 6.32. The molecular formula is C6H4BrN2O4S-. The molecule has 1 rings (SSSR count). The lowest BCUT2D eigenvalue weighted by Crippen LogP contribution is -2.25. The fourth-order valence-electron chi connectivity index (χ4n) is 0.673. The quantitative estimate of drug-likeness (QED) is 0.644. The zero-order valence-corrected chi connectivity index (χ0v) is 9.29. The van der Waals surface area contributed by atoms with E-state index < -0.39 is 26.7 Å². The van der Waals surface area contributed by atoms with E-state index in [4.69, 9.17) is 0 Å². The Morgan fingerprint density at radius 3 is 2.57 bits per heavy atom. The third-order valence-electron chi connectivity index (χ3n) is 1.25. The van der Waals surface area contributed by atoms with E-state index in [0.717, 1.165) is 12.5 Å². The Morgan fingerprint density at radius 1 is 1.57 bits per heavy atom. The van der Waals surface area contributed by atoms with Crippen LogP contribution in [0.3, 0.4) is 0 Å². The molecule has 0 unspecified atom stereocenters. The zero-order chi connectivity index (χ0) is 10.9. The van der Waals surface area contributed by atoms with E-state index in [1.54, 1.807) is 0 Å². The van der Waals surface area contributed by atoms with Crippen molar-refractivity contribution in [3.63, 3.8) is 0 Å². The van der Waals surface area contributed by atoms with Gasteiger partial charge in [-0.15, -0.1) is 0 Å². The maximum Gasteiger partial charge on any atom is 0.247 e. The minimum atomic E-state index is -3.61. The number of aromatic nitrogens is 2. The van der Waals surface area contributed by atoms with Gasteiger partial charge in [-0.05, 0) is 15.9 Å². The second-order valence-electron chi connectivity index (χ2n) is 2.41. The topological polar surface area (TPSA) is 100 Å². The number of hydrogen-bond donors (Lipinski definition) is 0. The molecule has 1 aromatic heterocycles. The van der Waals surface area contributed by atoms with Gasteiger partial charge in [-0.3, -0.25) is 0 Å². The fourth-order valence-corrected chi connectivity index (χ4v) is 1.53. The smallest absolute Gasteiger partial charge is 0.247 e. The van der Waals surface area contributed by atoms with E-state index in [-0.39, 0.29) is 4.47 Å². The maximum absolute atomic E-state index is 11.0. The molecule has 0 aromatic carbocycles. The van der Waals surface area contributed by atoms with Crippen LogP contribution in [-0.4, -0.2) is 30.6 Å². The summed E-state index contributed by atoms with van der Waals surface area (Å²) in [5.74, 6) is -1.57. The van der Waals surface area contributed by atoms with Crippen molar-refractivity contribution in [1.29, 1.82) is 0 Å². The lowest BCUT2D eigenvalue weighted by atomic mass is 10.4. The highest BCUT2D eigenvalue weighted by atomic mass is 79.9. The van der Waals surface area contributed by atoms with E-state index in [0.29, 0.717) is 0 Å². The number of sulfone groups is 1. The Morgan fingerprint density at radius 2 is 2.14 bits per heavy atom. The van der Waals surface area contributed by atoms with Gasteiger partial charge in [0.1, 0.15) is 5.69 Å².